The highest BCUT2D eigenvalue weighted by molar-refractivity contribution is 5.77. The van der Waals surface area contributed by atoms with Crippen molar-refractivity contribution < 1.29 is 24.2 Å². The zero-order valence-corrected chi connectivity index (χ0v) is 13.3. The first-order chi connectivity index (χ1) is 10.5. The Labute approximate surface area is 130 Å². The fourth-order valence-corrected chi connectivity index (χ4v) is 2.17. The van der Waals surface area contributed by atoms with Crippen LogP contribution in [0.2, 0.25) is 0 Å². The van der Waals surface area contributed by atoms with Gasteiger partial charge in [0.05, 0.1) is 20.6 Å². The third-order valence-electron chi connectivity index (χ3n) is 3.43. The van der Waals surface area contributed by atoms with Crippen LogP contribution in [0.4, 0.5) is 0 Å². The van der Waals surface area contributed by atoms with Crippen LogP contribution < -0.4 is 9.47 Å². The minimum atomic E-state index is -0.902. The molecule has 6 nitrogen and oxygen atoms in total. The number of benzene rings is 1. The third-order valence-corrected chi connectivity index (χ3v) is 3.43. The maximum atomic E-state index is 12.2. The normalized spacial score (nSPS) is 10.1. The van der Waals surface area contributed by atoms with Crippen molar-refractivity contribution in [3.63, 3.8) is 0 Å². The number of hydrogen-bond donors (Lipinski definition) is 1. The second kappa shape index (κ2) is 8.92. The summed E-state index contributed by atoms with van der Waals surface area (Å²) >= 11 is 0. The lowest BCUT2D eigenvalue weighted by molar-refractivity contribution is -0.138. The molecule has 0 saturated carbocycles. The number of carboxylic acid groups (broad SMARTS) is 1. The number of rotatable bonds is 9. The average Bonchev–Trinajstić information content (AvgIpc) is 2.52. The number of methoxy groups -OCH3 is 2. The molecule has 0 radical (unpaired) electrons. The van der Waals surface area contributed by atoms with Gasteiger partial charge in [0.15, 0.2) is 0 Å². The van der Waals surface area contributed by atoms with Crippen molar-refractivity contribution in [3.05, 3.63) is 23.8 Å². The lowest BCUT2D eigenvalue weighted by Gasteiger charge is -2.20. The fourth-order valence-electron chi connectivity index (χ4n) is 2.17. The fraction of sp³-hybridized carbons (Fsp3) is 0.500. The largest absolute Gasteiger partial charge is 0.497 e. The Kier molecular flexibility index (Phi) is 7.22. The van der Waals surface area contributed by atoms with E-state index in [9.17, 15) is 9.59 Å². The molecular weight excluding hydrogens is 286 g/mol. The Bertz CT molecular complexity index is 515. The first-order valence-corrected chi connectivity index (χ1v) is 7.22. The first-order valence-electron chi connectivity index (χ1n) is 7.22. The topological polar surface area (TPSA) is 76.1 Å². The minimum absolute atomic E-state index is 0.0396. The van der Waals surface area contributed by atoms with E-state index in [0.717, 1.165) is 5.56 Å². The molecule has 122 valence electrons. The van der Waals surface area contributed by atoms with Crippen LogP contribution in [0.15, 0.2) is 18.2 Å². The van der Waals surface area contributed by atoms with Crippen LogP contribution in [0.5, 0.6) is 11.5 Å². The highest BCUT2D eigenvalue weighted by atomic mass is 16.5. The van der Waals surface area contributed by atoms with Crippen LogP contribution in [0.1, 0.15) is 25.3 Å². The second-order valence-electron chi connectivity index (χ2n) is 4.79. The molecule has 0 aromatic heterocycles. The number of aryl methyl sites for hydroxylation is 1. The lowest BCUT2D eigenvalue weighted by atomic mass is 10.1. The van der Waals surface area contributed by atoms with Gasteiger partial charge in [-0.3, -0.25) is 9.59 Å². The van der Waals surface area contributed by atoms with E-state index in [1.165, 1.54) is 0 Å². The molecule has 0 aliphatic rings. The van der Waals surface area contributed by atoms with Crippen LogP contribution >= 0.6 is 0 Å². The SMILES string of the molecule is CCN(CCC(=O)O)C(=O)CCc1cc(OC)ccc1OC. The first kappa shape index (κ1) is 17.8. The van der Waals surface area contributed by atoms with Gasteiger partial charge in [-0.25, -0.2) is 0 Å². The van der Waals surface area contributed by atoms with Crippen LogP contribution in [0.3, 0.4) is 0 Å². The monoisotopic (exact) mass is 309 g/mol. The van der Waals surface area contributed by atoms with E-state index < -0.39 is 5.97 Å². The molecule has 1 aromatic rings. The molecule has 6 heteroatoms. The Hall–Kier alpha value is -2.24. The van der Waals surface area contributed by atoms with E-state index in [0.29, 0.717) is 30.9 Å². The number of ether oxygens (including phenoxy) is 2. The molecule has 0 aliphatic heterocycles. The van der Waals surface area contributed by atoms with Gasteiger partial charge in [0.1, 0.15) is 11.5 Å². The number of nitrogens with zero attached hydrogens (tertiary/aromatic N) is 1. The van der Waals surface area contributed by atoms with Crippen molar-refractivity contribution in [2.45, 2.75) is 26.2 Å². The van der Waals surface area contributed by atoms with Gasteiger partial charge >= 0.3 is 5.97 Å². The highest BCUT2D eigenvalue weighted by Crippen LogP contribution is 2.25. The number of carbonyl (C=O) groups is 2. The highest BCUT2D eigenvalue weighted by Gasteiger charge is 2.14. The summed E-state index contributed by atoms with van der Waals surface area (Å²) in [6.45, 7) is 2.58. The van der Waals surface area contributed by atoms with Gasteiger partial charge in [-0.2, -0.15) is 0 Å². The van der Waals surface area contributed by atoms with Crippen molar-refractivity contribution in [3.8, 4) is 11.5 Å². The number of hydrogen-bond acceptors (Lipinski definition) is 4. The van der Waals surface area contributed by atoms with E-state index in [1.807, 2.05) is 13.0 Å². The molecule has 0 fully saturated rings. The van der Waals surface area contributed by atoms with Crippen LogP contribution in [-0.4, -0.2) is 49.2 Å². The minimum Gasteiger partial charge on any atom is -0.497 e. The number of carboxylic acids is 1. The van der Waals surface area contributed by atoms with Gasteiger partial charge < -0.3 is 19.5 Å². The molecule has 0 spiro atoms. The Morgan fingerprint density at radius 3 is 2.45 bits per heavy atom. The molecule has 0 atom stereocenters. The van der Waals surface area contributed by atoms with Crippen molar-refractivity contribution >= 4 is 11.9 Å². The Morgan fingerprint density at radius 1 is 1.18 bits per heavy atom. The summed E-state index contributed by atoms with van der Waals surface area (Å²) in [5.41, 5.74) is 0.893. The third kappa shape index (κ3) is 5.27. The van der Waals surface area contributed by atoms with Crippen molar-refractivity contribution in [1.29, 1.82) is 0 Å². The summed E-state index contributed by atoms with van der Waals surface area (Å²) in [4.78, 5) is 24.3. The summed E-state index contributed by atoms with van der Waals surface area (Å²) in [5, 5.41) is 8.71. The Balaban J connectivity index is 2.67. The summed E-state index contributed by atoms with van der Waals surface area (Å²) in [6, 6.07) is 5.45. The quantitative estimate of drug-likeness (QED) is 0.754. The van der Waals surface area contributed by atoms with Gasteiger partial charge in [0, 0.05) is 19.5 Å². The van der Waals surface area contributed by atoms with E-state index in [1.54, 1.807) is 31.3 Å². The van der Waals surface area contributed by atoms with Gasteiger partial charge in [0.2, 0.25) is 5.91 Å². The molecule has 0 aliphatic carbocycles. The molecule has 0 heterocycles. The molecule has 0 bridgehead atoms. The van der Waals surface area contributed by atoms with Gasteiger partial charge in [-0.15, -0.1) is 0 Å². The zero-order valence-electron chi connectivity index (χ0n) is 13.3. The van der Waals surface area contributed by atoms with Crippen LogP contribution in [0.25, 0.3) is 0 Å². The van der Waals surface area contributed by atoms with E-state index >= 15 is 0 Å². The van der Waals surface area contributed by atoms with Gasteiger partial charge in [0.25, 0.3) is 0 Å². The van der Waals surface area contributed by atoms with E-state index in [2.05, 4.69) is 0 Å². The summed E-state index contributed by atoms with van der Waals surface area (Å²) in [5.74, 6) is 0.456. The van der Waals surface area contributed by atoms with Crippen molar-refractivity contribution in [2.24, 2.45) is 0 Å². The maximum Gasteiger partial charge on any atom is 0.305 e. The van der Waals surface area contributed by atoms with Gasteiger partial charge in [-0.05, 0) is 37.1 Å². The average molecular weight is 309 g/mol. The molecule has 0 unspecified atom stereocenters. The van der Waals surface area contributed by atoms with Gasteiger partial charge in [-0.1, -0.05) is 0 Å². The van der Waals surface area contributed by atoms with Crippen LogP contribution in [0, 0.1) is 0 Å². The number of carbonyl (C=O) groups excluding carboxylic acids is 1. The number of aliphatic carboxylic acids is 1. The summed E-state index contributed by atoms with van der Waals surface area (Å²) in [6.07, 6.45) is 0.780. The summed E-state index contributed by atoms with van der Waals surface area (Å²) in [7, 11) is 3.17. The molecule has 22 heavy (non-hydrogen) atoms. The van der Waals surface area contributed by atoms with Crippen molar-refractivity contribution in [2.75, 3.05) is 27.3 Å². The predicted molar refractivity (Wildman–Crippen MR) is 82.4 cm³/mol. The lowest BCUT2D eigenvalue weighted by Crippen LogP contribution is -2.33. The molecular formula is C16H23NO5. The maximum absolute atomic E-state index is 12.2. The zero-order chi connectivity index (χ0) is 16.5. The van der Waals surface area contributed by atoms with Crippen molar-refractivity contribution in [1.82, 2.24) is 4.90 Å². The summed E-state index contributed by atoms with van der Waals surface area (Å²) < 4.78 is 10.5. The molecule has 1 N–H and O–H groups in total. The molecule has 1 rings (SSSR count). The van der Waals surface area contributed by atoms with Crippen LogP contribution in [-0.2, 0) is 16.0 Å². The van der Waals surface area contributed by atoms with E-state index in [4.69, 9.17) is 14.6 Å². The van der Waals surface area contributed by atoms with E-state index in [-0.39, 0.29) is 18.9 Å². The predicted octanol–water partition coefficient (Wildman–Crippen LogP) is 1.96. The standard InChI is InChI=1S/C16H23NO5/c1-4-17(10-9-16(19)20)15(18)8-5-12-11-13(21-2)6-7-14(12)22-3/h6-7,11H,4-5,8-10H2,1-3H3,(H,19,20). The Morgan fingerprint density at radius 2 is 1.91 bits per heavy atom. The molecule has 1 amide bonds. The second-order valence-corrected chi connectivity index (χ2v) is 4.79. The number of amides is 1. The molecule has 1 aromatic carbocycles. The smallest absolute Gasteiger partial charge is 0.305 e. The molecule has 0 saturated heterocycles.